The van der Waals surface area contributed by atoms with Gasteiger partial charge in [-0.3, -0.25) is 4.98 Å². The van der Waals surface area contributed by atoms with E-state index in [1.807, 2.05) is 25.3 Å². The fraction of sp³-hybridized carbons (Fsp3) is 0.154. The molecule has 1 aromatic carbocycles. The number of hydrogen-bond donors (Lipinski definition) is 1. The molecule has 1 N–H and O–H groups in total. The van der Waals surface area contributed by atoms with E-state index in [0.717, 1.165) is 16.9 Å². The molecule has 0 atom stereocenters. The van der Waals surface area contributed by atoms with E-state index >= 15 is 0 Å². The molecule has 0 fully saturated rings. The Balaban J connectivity index is 2.02. The molecular formula is C13H12BrFN2. The number of aryl methyl sites for hydroxylation is 1. The summed E-state index contributed by atoms with van der Waals surface area (Å²) in [4.78, 5) is 4.21. The minimum absolute atomic E-state index is 0.257. The van der Waals surface area contributed by atoms with Crippen LogP contribution in [0.4, 0.5) is 10.1 Å². The first kappa shape index (κ1) is 12.0. The number of halogens is 2. The number of pyridine rings is 1. The standard InChI is InChI=1S/C13H12BrFN2/c1-9-2-3-10(7-16-9)8-17-11-4-5-13(15)12(14)6-11/h2-7,17H,8H2,1H3. The van der Waals surface area contributed by atoms with Crippen LogP contribution in [0.3, 0.4) is 0 Å². The van der Waals surface area contributed by atoms with Crippen LogP contribution in [0.25, 0.3) is 0 Å². The van der Waals surface area contributed by atoms with Crippen LogP contribution in [0.15, 0.2) is 41.0 Å². The Morgan fingerprint density at radius 1 is 1.29 bits per heavy atom. The van der Waals surface area contributed by atoms with Crippen molar-refractivity contribution >= 4 is 21.6 Å². The van der Waals surface area contributed by atoms with Gasteiger partial charge in [0.2, 0.25) is 0 Å². The van der Waals surface area contributed by atoms with Crippen molar-refractivity contribution < 1.29 is 4.39 Å². The highest BCUT2D eigenvalue weighted by Gasteiger charge is 2.00. The maximum atomic E-state index is 13.0. The third-order valence-electron chi connectivity index (χ3n) is 2.39. The first-order valence-corrected chi connectivity index (χ1v) is 6.05. The molecule has 1 aromatic heterocycles. The molecule has 0 aliphatic carbocycles. The molecule has 0 aliphatic rings. The average molecular weight is 295 g/mol. The lowest BCUT2D eigenvalue weighted by Gasteiger charge is -2.07. The minimum atomic E-state index is -0.257. The van der Waals surface area contributed by atoms with Crippen molar-refractivity contribution in [1.29, 1.82) is 0 Å². The molecule has 4 heteroatoms. The van der Waals surface area contributed by atoms with Crippen LogP contribution in [0.1, 0.15) is 11.3 Å². The molecule has 88 valence electrons. The van der Waals surface area contributed by atoms with Crippen molar-refractivity contribution in [3.05, 3.63) is 58.1 Å². The van der Waals surface area contributed by atoms with E-state index in [2.05, 4.69) is 26.2 Å². The summed E-state index contributed by atoms with van der Waals surface area (Å²) in [6, 6.07) is 8.85. The second-order valence-corrected chi connectivity index (χ2v) is 4.64. The van der Waals surface area contributed by atoms with Gasteiger partial charge < -0.3 is 5.32 Å². The van der Waals surface area contributed by atoms with Gasteiger partial charge in [0.25, 0.3) is 0 Å². The smallest absolute Gasteiger partial charge is 0.137 e. The van der Waals surface area contributed by atoms with Crippen molar-refractivity contribution in [2.24, 2.45) is 0 Å². The summed E-state index contributed by atoms with van der Waals surface area (Å²) in [6.07, 6.45) is 1.83. The van der Waals surface area contributed by atoms with E-state index in [4.69, 9.17) is 0 Å². The minimum Gasteiger partial charge on any atom is -0.381 e. The van der Waals surface area contributed by atoms with Gasteiger partial charge in [-0.25, -0.2) is 4.39 Å². The third-order valence-corrected chi connectivity index (χ3v) is 3.00. The zero-order chi connectivity index (χ0) is 12.3. The van der Waals surface area contributed by atoms with E-state index in [-0.39, 0.29) is 5.82 Å². The van der Waals surface area contributed by atoms with Crippen molar-refractivity contribution in [3.63, 3.8) is 0 Å². The normalized spacial score (nSPS) is 10.3. The molecule has 0 bridgehead atoms. The monoisotopic (exact) mass is 294 g/mol. The molecule has 0 aliphatic heterocycles. The summed E-state index contributed by atoms with van der Waals surface area (Å²) in [6.45, 7) is 2.62. The van der Waals surface area contributed by atoms with Gasteiger partial charge in [0.1, 0.15) is 5.82 Å². The lowest BCUT2D eigenvalue weighted by atomic mass is 10.2. The van der Waals surface area contributed by atoms with Crippen LogP contribution < -0.4 is 5.32 Å². The van der Waals surface area contributed by atoms with E-state index in [0.29, 0.717) is 11.0 Å². The number of aromatic nitrogens is 1. The van der Waals surface area contributed by atoms with Crippen molar-refractivity contribution in [2.45, 2.75) is 13.5 Å². The van der Waals surface area contributed by atoms with E-state index in [9.17, 15) is 4.39 Å². The Kier molecular flexibility index (Phi) is 3.74. The van der Waals surface area contributed by atoms with Crippen LogP contribution in [0.2, 0.25) is 0 Å². The van der Waals surface area contributed by atoms with Crippen LogP contribution in [-0.2, 0) is 6.54 Å². The Hall–Kier alpha value is -1.42. The van der Waals surface area contributed by atoms with Gasteiger partial charge in [0.15, 0.2) is 0 Å². The fourth-order valence-corrected chi connectivity index (χ4v) is 1.79. The summed E-state index contributed by atoms with van der Waals surface area (Å²) < 4.78 is 13.5. The SMILES string of the molecule is Cc1ccc(CNc2ccc(F)c(Br)c2)cn1. The Morgan fingerprint density at radius 3 is 2.76 bits per heavy atom. The predicted octanol–water partition coefficient (Wildman–Crippen LogP) is 3.90. The summed E-state index contributed by atoms with van der Waals surface area (Å²) >= 11 is 3.15. The van der Waals surface area contributed by atoms with Gasteiger partial charge in [-0.05, 0) is 52.7 Å². The van der Waals surface area contributed by atoms with Crippen LogP contribution in [0.5, 0.6) is 0 Å². The molecule has 17 heavy (non-hydrogen) atoms. The summed E-state index contributed by atoms with van der Waals surface area (Å²) in [7, 11) is 0. The first-order valence-electron chi connectivity index (χ1n) is 5.25. The van der Waals surface area contributed by atoms with E-state index in [1.165, 1.54) is 6.07 Å². The number of anilines is 1. The highest BCUT2D eigenvalue weighted by Crippen LogP contribution is 2.20. The highest BCUT2D eigenvalue weighted by molar-refractivity contribution is 9.10. The van der Waals surface area contributed by atoms with Crippen LogP contribution in [0, 0.1) is 12.7 Å². The molecule has 1 heterocycles. The maximum absolute atomic E-state index is 13.0. The van der Waals surface area contributed by atoms with Gasteiger partial charge in [-0.15, -0.1) is 0 Å². The van der Waals surface area contributed by atoms with Gasteiger partial charge in [-0.1, -0.05) is 6.07 Å². The van der Waals surface area contributed by atoms with Crippen LogP contribution >= 0.6 is 15.9 Å². The third kappa shape index (κ3) is 3.27. The number of nitrogens with one attached hydrogen (secondary N) is 1. The zero-order valence-electron chi connectivity index (χ0n) is 9.37. The number of rotatable bonds is 3. The van der Waals surface area contributed by atoms with Crippen molar-refractivity contribution in [3.8, 4) is 0 Å². The Morgan fingerprint density at radius 2 is 2.12 bits per heavy atom. The van der Waals surface area contributed by atoms with Gasteiger partial charge in [0, 0.05) is 24.1 Å². The summed E-state index contributed by atoms with van der Waals surface area (Å²) in [5.41, 5.74) is 2.97. The molecule has 0 saturated heterocycles. The zero-order valence-corrected chi connectivity index (χ0v) is 11.0. The molecule has 0 unspecified atom stereocenters. The second kappa shape index (κ2) is 5.27. The largest absolute Gasteiger partial charge is 0.381 e. The second-order valence-electron chi connectivity index (χ2n) is 3.79. The van der Waals surface area contributed by atoms with Gasteiger partial charge in [0.05, 0.1) is 4.47 Å². The van der Waals surface area contributed by atoms with Gasteiger partial charge >= 0.3 is 0 Å². The molecule has 0 spiro atoms. The first-order chi connectivity index (χ1) is 8.15. The lowest BCUT2D eigenvalue weighted by molar-refractivity contribution is 0.621. The van der Waals surface area contributed by atoms with Crippen molar-refractivity contribution in [2.75, 3.05) is 5.32 Å². The number of benzene rings is 1. The molecule has 2 aromatic rings. The van der Waals surface area contributed by atoms with Gasteiger partial charge in [-0.2, -0.15) is 0 Å². The molecule has 0 radical (unpaired) electrons. The maximum Gasteiger partial charge on any atom is 0.137 e. The summed E-state index contributed by atoms with van der Waals surface area (Å²) in [5.74, 6) is -0.257. The molecule has 0 amide bonds. The Bertz CT molecular complexity index is 511. The fourth-order valence-electron chi connectivity index (χ4n) is 1.41. The molecule has 0 saturated carbocycles. The number of nitrogens with zero attached hydrogens (tertiary/aromatic N) is 1. The van der Waals surface area contributed by atoms with E-state index < -0.39 is 0 Å². The average Bonchev–Trinajstić information content (AvgIpc) is 2.33. The van der Waals surface area contributed by atoms with Crippen LogP contribution in [-0.4, -0.2) is 4.98 Å². The predicted molar refractivity (Wildman–Crippen MR) is 70.4 cm³/mol. The molecule has 2 nitrogen and oxygen atoms in total. The molecular weight excluding hydrogens is 283 g/mol. The van der Waals surface area contributed by atoms with E-state index in [1.54, 1.807) is 12.1 Å². The van der Waals surface area contributed by atoms with Crippen molar-refractivity contribution in [1.82, 2.24) is 4.98 Å². The topological polar surface area (TPSA) is 24.9 Å². The summed E-state index contributed by atoms with van der Waals surface area (Å²) in [5, 5.41) is 3.21. The highest BCUT2D eigenvalue weighted by atomic mass is 79.9. The number of hydrogen-bond acceptors (Lipinski definition) is 2. The quantitative estimate of drug-likeness (QED) is 0.928. The molecule has 2 rings (SSSR count). The lowest BCUT2D eigenvalue weighted by Crippen LogP contribution is -2.00. The Labute approximate surface area is 108 Å².